The van der Waals surface area contributed by atoms with Gasteiger partial charge in [0.2, 0.25) is 0 Å². The van der Waals surface area contributed by atoms with Crippen LogP contribution in [0.1, 0.15) is 97.3 Å². The van der Waals surface area contributed by atoms with Gasteiger partial charge in [-0.2, -0.15) is 0 Å². The van der Waals surface area contributed by atoms with Crippen LogP contribution in [0.3, 0.4) is 0 Å². The van der Waals surface area contributed by atoms with E-state index in [1.54, 1.807) is 0 Å². The minimum absolute atomic E-state index is 0.129. The van der Waals surface area contributed by atoms with E-state index in [0.717, 1.165) is 6.54 Å². The summed E-state index contributed by atoms with van der Waals surface area (Å²) in [6, 6.07) is 0. The maximum absolute atomic E-state index is 5.97. The molecule has 0 radical (unpaired) electrons. The largest absolute Gasteiger partial charge is 0.316 e. The third-order valence-electron chi connectivity index (χ3n) is 4.79. The van der Waals surface area contributed by atoms with Gasteiger partial charge in [-0.3, -0.25) is 9.89 Å². The highest BCUT2D eigenvalue weighted by Crippen LogP contribution is 2.17. The monoisotopic (exact) mass is 309 g/mol. The zero-order valence-electron chi connectivity index (χ0n) is 15.1. The van der Waals surface area contributed by atoms with Gasteiger partial charge in [-0.1, -0.05) is 77.6 Å². The topological polar surface area (TPSA) is 41.6 Å². The lowest BCUT2D eigenvalue weighted by molar-refractivity contribution is 0.182. The van der Waals surface area contributed by atoms with Gasteiger partial charge >= 0.3 is 0 Å². The third kappa shape index (κ3) is 8.89. The first-order chi connectivity index (χ1) is 10.8. The Hall–Kier alpha value is -0.410. The summed E-state index contributed by atoms with van der Waals surface area (Å²) in [5.41, 5.74) is 5.97. The van der Waals surface area contributed by atoms with Gasteiger partial charge < -0.3 is 5.73 Å². The van der Waals surface area contributed by atoms with E-state index in [4.69, 9.17) is 5.73 Å². The number of hydrogen-bond acceptors (Lipinski definition) is 3. The maximum atomic E-state index is 5.97. The maximum Gasteiger partial charge on any atom is 0.103 e. The number of nitrogens with zero attached hydrogens (tertiary/aromatic N) is 2. The fourth-order valence-corrected chi connectivity index (χ4v) is 3.32. The lowest BCUT2D eigenvalue weighted by atomic mass is 10.0. The molecule has 0 fully saturated rings. The Labute approximate surface area is 138 Å². The molecule has 130 valence electrons. The van der Waals surface area contributed by atoms with E-state index in [-0.39, 0.29) is 6.17 Å². The zero-order chi connectivity index (χ0) is 16.0. The van der Waals surface area contributed by atoms with Gasteiger partial charge in [-0.15, -0.1) is 0 Å². The van der Waals surface area contributed by atoms with Crippen LogP contribution in [0.2, 0.25) is 0 Å². The van der Waals surface area contributed by atoms with Crippen molar-refractivity contribution in [3.05, 3.63) is 0 Å². The van der Waals surface area contributed by atoms with Crippen LogP contribution in [-0.2, 0) is 0 Å². The minimum atomic E-state index is 0.129. The van der Waals surface area contributed by atoms with Crippen LogP contribution in [0.25, 0.3) is 0 Å². The van der Waals surface area contributed by atoms with Crippen LogP contribution in [0.15, 0.2) is 4.99 Å². The van der Waals surface area contributed by atoms with Crippen LogP contribution < -0.4 is 5.73 Å². The molecule has 0 saturated heterocycles. The van der Waals surface area contributed by atoms with Gasteiger partial charge in [0.05, 0.1) is 6.17 Å². The van der Waals surface area contributed by atoms with Crippen molar-refractivity contribution in [3.63, 3.8) is 0 Å². The van der Waals surface area contributed by atoms with Crippen LogP contribution in [0.4, 0.5) is 0 Å². The van der Waals surface area contributed by atoms with Crippen molar-refractivity contribution in [2.24, 2.45) is 10.7 Å². The van der Waals surface area contributed by atoms with Gasteiger partial charge in [0.15, 0.2) is 0 Å². The van der Waals surface area contributed by atoms with Crippen molar-refractivity contribution >= 4 is 6.21 Å². The molecule has 22 heavy (non-hydrogen) atoms. The minimum Gasteiger partial charge on any atom is -0.316 e. The van der Waals surface area contributed by atoms with Gasteiger partial charge in [0, 0.05) is 12.8 Å². The fraction of sp³-hybridized carbons (Fsp3) is 0.947. The van der Waals surface area contributed by atoms with Gasteiger partial charge in [-0.25, -0.2) is 0 Å². The number of rotatable bonds is 14. The second-order valence-electron chi connectivity index (χ2n) is 6.93. The lowest BCUT2D eigenvalue weighted by Crippen LogP contribution is -2.43. The van der Waals surface area contributed by atoms with Crippen molar-refractivity contribution in [2.75, 3.05) is 6.54 Å². The van der Waals surface area contributed by atoms with Crippen LogP contribution in [0.5, 0.6) is 0 Å². The van der Waals surface area contributed by atoms with E-state index in [1.807, 2.05) is 6.21 Å². The zero-order valence-corrected chi connectivity index (χ0v) is 15.1. The molecular formula is C19H39N3. The highest BCUT2D eigenvalue weighted by molar-refractivity contribution is 5.62. The summed E-state index contributed by atoms with van der Waals surface area (Å²) in [7, 11) is 0. The van der Waals surface area contributed by atoms with E-state index >= 15 is 0 Å². The number of aliphatic imine (C=N–C) groups is 1. The molecule has 0 aromatic rings. The molecule has 1 aliphatic heterocycles. The molecule has 3 nitrogen and oxygen atoms in total. The molecule has 1 aliphatic rings. The Morgan fingerprint density at radius 1 is 0.955 bits per heavy atom. The Morgan fingerprint density at radius 2 is 1.45 bits per heavy atom. The summed E-state index contributed by atoms with van der Waals surface area (Å²) in [6.07, 6.45) is 20.6. The third-order valence-corrected chi connectivity index (χ3v) is 4.79. The molecule has 0 aromatic carbocycles. The molecular weight excluding hydrogens is 270 g/mol. The summed E-state index contributed by atoms with van der Waals surface area (Å²) in [4.78, 5) is 6.84. The Morgan fingerprint density at radius 3 is 1.95 bits per heavy atom. The highest BCUT2D eigenvalue weighted by atomic mass is 15.3. The molecule has 0 amide bonds. The molecule has 0 aromatic heterocycles. The van der Waals surface area contributed by atoms with Crippen molar-refractivity contribution < 1.29 is 0 Å². The lowest BCUT2D eigenvalue weighted by Gasteiger charge is -2.26. The average Bonchev–Trinajstić information content (AvgIpc) is 2.97. The molecule has 1 rings (SSSR count). The molecule has 3 heteroatoms. The summed E-state index contributed by atoms with van der Waals surface area (Å²) < 4.78 is 0. The normalized spacial score (nSPS) is 19.9. The molecule has 2 atom stereocenters. The van der Waals surface area contributed by atoms with Crippen molar-refractivity contribution in [1.82, 2.24) is 4.90 Å². The molecule has 0 bridgehead atoms. The summed E-state index contributed by atoms with van der Waals surface area (Å²) in [6.45, 7) is 5.28. The predicted octanol–water partition coefficient (Wildman–Crippen LogP) is 5.09. The summed E-state index contributed by atoms with van der Waals surface area (Å²) in [5.74, 6) is 0. The molecule has 0 spiro atoms. The summed E-state index contributed by atoms with van der Waals surface area (Å²) in [5, 5.41) is 0. The quantitative estimate of drug-likeness (QED) is 0.454. The summed E-state index contributed by atoms with van der Waals surface area (Å²) >= 11 is 0. The van der Waals surface area contributed by atoms with Gasteiger partial charge in [0.25, 0.3) is 0 Å². The van der Waals surface area contributed by atoms with Gasteiger partial charge in [-0.05, 0) is 19.8 Å². The van der Waals surface area contributed by atoms with Crippen LogP contribution in [-0.4, -0.2) is 30.0 Å². The average molecular weight is 310 g/mol. The Balaban J connectivity index is 1.83. The van der Waals surface area contributed by atoms with Crippen molar-refractivity contribution in [3.8, 4) is 0 Å². The SMILES string of the molecule is CCCCCCCCCCCCCCC1N=CCN1C(C)N. The fourth-order valence-electron chi connectivity index (χ4n) is 3.32. The van der Waals surface area contributed by atoms with Crippen LogP contribution in [0, 0.1) is 0 Å². The Bertz CT molecular complexity index is 276. The van der Waals surface area contributed by atoms with Crippen molar-refractivity contribution in [1.29, 1.82) is 0 Å². The van der Waals surface area contributed by atoms with E-state index < -0.39 is 0 Å². The molecule has 2 unspecified atom stereocenters. The van der Waals surface area contributed by atoms with Crippen molar-refractivity contribution in [2.45, 2.75) is 110 Å². The second kappa shape index (κ2) is 13.1. The molecule has 0 aliphatic carbocycles. The van der Waals surface area contributed by atoms with E-state index in [0.29, 0.717) is 6.17 Å². The van der Waals surface area contributed by atoms with Crippen LogP contribution >= 0.6 is 0 Å². The smallest absolute Gasteiger partial charge is 0.103 e. The standard InChI is InChI=1S/C19H39N3/c1-3-4-5-6-7-8-9-10-11-12-13-14-15-19-21-16-17-22(19)18(2)20/h16,18-19H,3-15,17,20H2,1-2H3. The van der Waals surface area contributed by atoms with E-state index in [1.165, 1.54) is 83.5 Å². The number of hydrogen-bond donors (Lipinski definition) is 1. The Kier molecular flexibility index (Phi) is 11.7. The predicted molar refractivity (Wildman–Crippen MR) is 98.3 cm³/mol. The van der Waals surface area contributed by atoms with E-state index in [9.17, 15) is 0 Å². The molecule has 2 N–H and O–H groups in total. The highest BCUT2D eigenvalue weighted by Gasteiger charge is 2.22. The first kappa shape index (κ1) is 19.6. The second-order valence-corrected chi connectivity index (χ2v) is 6.93. The number of unbranched alkanes of at least 4 members (excludes halogenated alkanes) is 11. The first-order valence-electron chi connectivity index (χ1n) is 9.78. The van der Waals surface area contributed by atoms with Gasteiger partial charge in [0.1, 0.15) is 6.17 Å². The first-order valence-corrected chi connectivity index (χ1v) is 9.78. The molecule has 1 heterocycles. The number of nitrogens with two attached hydrogens (primary N) is 1. The van der Waals surface area contributed by atoms with E-state index in [2.05, 4.69) is 23.7 Å². The molecule has 0 saturated carbocycles.